The van der Waals surface area contributed by atoms with Crippen LogP contribution in [0.4, 0.5) is 4.79 Å². The second-order valence-electron chi connectivity index (χ2n) is 5.13. The maximum Gasteiger partial charge on any atom is 0.314 e. The second-order valence-corrected chi connectivity index (χ2v) is 6.35. The zero-order valence-corrected chi connectivity index (χ0v) is 12.9. The molecule has 1 aliphatic rings. The summed E-state index contributed by atoms with van der Waals surface area (Å²) in [5.41, 5.74) is 0. The van der Waals surface area contributed by atoms with Crippen molar-refractivity contribution in [1.29, 1.82) is 0 Å². The number of carboxylic acids is 1. The van der Waals surface area contributed by atoms with Crippen LogP contribution in [0, 0.1) is 5.92 Å². The van der Waals surface area contributed by atoms with Crippen LogP contribution in [0.3, 0.4) is 0 Å². The fourth-order valence-electron chi connectivity index (χ4n) is 1.95. The first-order chi connectivity index (χ1) is 9.58. The van der Waals surface area contributed by atoms with Crippen molar-refractivity contribution in [2.45, 2.75) is 19.8 Å². The molecule has 6 nitrogen and oxygen atoms in total. The molecule has 1 fully saturated rings. The summed E-state index contributed by atoms with van der Waals surface area (Å²) in [6, 6.07) is -0.168. The minimum absolute atomic E-state index is 0.150. The molecule has 0 aromatic heterocycles. The van der Waals surface area contributed by atoms with Gasteiger partial charge in [0.2, 0.25) is 0 Å². The van der Waals surface area contributed by atoms with Gasteiger partial charge in [0, 0.05) is 50.7 Å². The molecular weight excluding hydrogens is 278 g/mol. The Balaban J connectivity index is 2.00. The zero-order chi connectivity index (χ0) is 14.8. The molecule has 7 heteroatoms. The highest BCUT2D eigenvalue weighted by Gasteiger charge is 2.10. The number of carboxylic acid groups (broad SMARTS) is 1. The summed E-state index contributed by atoms with van der Waals surface area (Å²) < 4.78 is 0. The molecule has 2 amide bonds. The number of nitrogens with one attached hydrogen (secondary N) is 2. The van der Waals surface area contributed by atoms with Crippen molar-refractivity contribution in [1.82, 2.24) is 15.5 Å². The number of nitrogens with zero attached hydrogens (tertiary/aromatic N) is 1. The van der Waals surface area contributed by atoms with Gasteiger partial charge in [-0.1, -0.05) is 6.92 Å². The lowest BCUT2D eigenvalue weighted by Gasteiger charge is -2.26. The molecule has 1 atom stereocenters. The highest BCUT2D eigenvalue weighted by atomic mass is 32.2. The van der Waals surface area contributed by atoms with Gasteiger partial charge in [-0.25, -0.2) is 4.79 Å². The van der Waals surface area contributed by atoms with Gasteiger partial charge in [-0.3, -0.25) is 9.69 Å². The Morgan fingerprint density at radius 1 is 1.30 bits per heavy atom. The van der Waals surface area contributed by atoms with E-state index in [-0.39, 0.29) is 18.4 Å². The van der Waals surface area contributed by atoms with Crippen LogP contribution in [0.15, 0.2) is 0 Å². The average molecular weight is 303 g/mol. The number of hydrogen-bond acceptors (Lipinski definition) is 4. The molecule has 3 N–H and O–H groups in total. The number of thioether (sulfide) groups is 1. The molecular formula is C13H25N3O3S. The van der Waals surface area contributed by atoms with Gasteiger partial charge in [0.15, 0.2) is 0 Å². The van der Waals surface area contributed by atoms with E-state index >= 15 is 0 Å². The summed E-state index contributed by atoms with van der Waals surface area (Å²) in [5.74, 6) is 1.73. The number of amides is 2. The van der Waals surface area contributed by atoms with Gasteiger partial charge >= 0.3 is 12.0 Å². The maximum absolute atomic E-state index is 11.6. The highest BCUT2D eigenvalue weighted by molar-refractivity contribution is 7.99. The lowest BCUT2D eigenvalue weighted by Crippen LogP contribution is -2.43. The monoisotopic (exact) mass is 303 g/mol. The largest absolute Gasteiger partial charge is 0.481 e. The summed E-state index contributed by atoms with van der Waals surface area (Å²) in [7, 11) is 0. The Bertz CT molecular complexity index is 309. The first kappa shape index (κ1) is 17.1. The molecule has 0 spiro atoms. The molecule has 1 unspecified atom stereocenters. The van der Waals surface area contributed by atoms with Crippen molar-refractivity contribution in [2.24, 2.45) is 5.92 Å². The van der Waals surface area contributed by atoms with Gasteiger partial charge in [0.1, 0.15) is 0 Å². The number of urea groups is 1. The smallest absolute Gasteiger partial charge is 0.314 e. The molecule has 0 radical (unpaired) electrons. The Labute approximate surface area is 124 Å². The van der Waals surface area contributed by atoms with Crippen LogP contribution in [0.1, 0.15) is 19.8 Å². The third-order valence-electron chi connectivity index (χ3n) is 3.28. The normalized spacial score (nSPS) is 17.4. The molecule has 1 rings (SSSR count). The molecule has 1 heterocycles. The molecule has 1 aliphatic heterocycles. The third-order valence-corrected chi connectivity index (χ3v) is 4.22. The van der Waals surface area contributed by atoms with E-state index in [0.717, 1.165) is 19.6 Å². The van der Waals surface area contributed by atoms with E-state index in [1.807, 2.05) is 18.7 Å². The Morgan fingerprint density at radius 2 is 2.00 bits per heavy atom. The van der Waals surface area contributed by atoms with Crippen LogP contribution in [0.2, 0.25) is 0 Å². The third kappa shape index (κ3) is 8.27. The summed E-state index contributed by atoms with van der Waals surface area (Å²) in [6.07, 6.45) is 0.735. The Morgan fingerprint density at radius 3 is 2.65 bits per heavy atom. The van der Waals surface area contributed by atoms with Gasteiger partial charge < -0.3 is 15.7 Å². The first-order valence-electron chi connectivity index (χ1n) is 7.11. The van der Waals surface area contributed by atoms with Crippen molar-refractivity contribution >= 4 is 23.8 Å². The van der Waals surface area contributed by atoms with Gasteiger partial charge in [-0.05, 0) is 12.3 Å². The molecule has 116 valence electrons. The summed E-state index contributed by atoms with van der Waals surface area (Å²) in [6.45, 7) is 6.19. The van der Waals surface area contributed by atoms with E-state index in [2.05, 4.69) is 15.5 Å². The van der Waals surface area contributed by atoms with Gasteiger partial charge in [-0.2, -0.15) is 11.8 Å². The first-order valence-corrected chi connectivity index (χ1v) is 8.27. The number of aliphatic carboxylic acids is 1. The minimum atomic E-state index is -0.791. The van der Waals surface area contributed by atoms with E-state index in [0.29, 0.717) is 19.5 Å². The van der Waals surface area contributed by atoms with Crippen LogP contribution in [-0.4, -0.2) is 66.2 Å². The summed E-state index contributed by atoms with van der Waals surface area (Å²) >= 11 is 1.97. The van der Waals surface area contributed by atoms with Crippen molar-refractivity contribution in [3.8, 4) is 0 Å². The standard InChI is InChI=1S/C13H25N3O3S/c1-11(2-3-12(17)18)10-15-13(19)14-4-5-16-6-8-20-9-7-16/h11H,2-10H2,1H3,(H,17,18)(H2,14,15,19). The minimum Gasteiger partial charge on any atom is -0.481 e. The predicted octanol–water partition coefficient (Wildman–Crippen LogP) is 0.835. The van der Waals surface area contributed by atoms with E-state index in [1.54, 1.807) is 0 Å². The lowest BCUT2D eigenvalue weighted by atomic mass is 10.1. The van der Waals surface area contributed by atoms with E-state index < -0.39 is 5.97 Å². The highest BCUT2D eigenvalue weighted by Crippen LogP contribution is 2.07. The summed E-state index contributed by atoms with van der Waals surface area (Å²) in [5, 5.41) is 14.2. The molecule has 0 saturated carbocycles. The molecule has 20 heavy (non-hydrogen) atoms. The van der Waals surface area contributed by atoms with Crippen molar-refractivity contribution in [3.05, 3.63) is 0 Å². The van der Waals surface area contributed by atoms with Crippen LogP contribution in [0.5, 0.6) is 0 Å². The average Bonchev–Trinajstić information content (AvgIpc) is 2.44. The fourth-order valence-corrected chi connectivity index (χ4v) is 2.93. The van der Waals surface area contributed by atoms with Crippen molar-refractivity contribution in [3.63, 3.8) is 0 Å². The van der Waals surface area contributed by atoms with E-state index in [1.165, 1.54) is 11.5 Å². The number of hydrogen-bond donors (Lipinski definition) is 3. The lowest BCUT2D eigenvalue weighted by molar-refractivity contribution is -0.137. The maximum atomic E-state index is 11.6. The predicted molar refractivity (Wildman–Crippen MR) is 81.2 cm³/mol. The van der Waals surface area contributed by atoms with Crippen molar-refractivity contribution in [2.75, 3.05) is 44.2 Å². The number of carbonyl (C=O) groups excluding carboxylic acids is 1. The van der Waals surface area contributed by atoms with E-state index in [4.69, 9.17) is 5.11 Å². The second kappa shape index (κ2) is 9.88. The topological polar surface area (TPSA) is 81.7 Å². The molecule has 1 saturated heterocycles. The van der Waals surface area contributed by atoms with Gasteiger partial charge in [-0.15, -0.1) is 0 Å². The SMILES string of the molecule is CC(CCC(=O)O)CNC(=O)NCCN1CCSCC1. The van der Waals surface area contributed by atoms with Crippen molar-refractivity contribution < 1.29 is 14.7 Å². The van der Waals surface area contributed by atoms with Gasteiger partial charge in [0.05, 0.1) is 0 Å². The number of carbonyl (C=O) groups is 2. The zero-order valence-electron chi connectivity index (χ0n) is 12.1. The molecule has 0 bridgehead atoms. The molecule has 0 aromatic carbocycles. The number of rotatable bonds is 8. The van der Waals surface area contributed by atoms with E-state index in [9.17, 15) is 9.59 Å². The Kier molecular flexibility index (Phi) is 8.45. The van der Waals surface area contributed by atoms with Crippen LogP contribution < -0.4 is 10.6 Å². The summed E-state index contributed by atoms with van der Waals surface area (Å²) in [4.78, 5) is 24.3. The Hall–Kier alpha value is -0.950. The fraction of sp³-hybridized carbons (Fsp3) is 0.846. The molecule has 0 aliphatic carbocycles. The quantitative estimate of drug-likeness (QED) is 0.619. The van der Waals surface area contributed by atoms with Crippen LogP contribution >= 0.6 is 11.8 Å². The molecule has 0 aromatic rings. The van der Waals surface area contributed by atoms with Gasteiger partial charge in [0.25, 0.3) is 0 Å². The van der Waals surface area contributed by atoms with Crippen LogP contribution in [-0.2, 0) is 4.79 Å². The van der Waals surface area contributed by atoms with Crippen LogP contribution in [0.25, 0.3) is 0 Å².